The van der Waals surface area contributed by atoms with E-state index in [4.69, 9.17) is 15.0 Å². The van der Waals surface area contributed by atoms with Crippen molar-refractivity contribution in [2.75, 3.05) is 0 Å². The first kappa shape index (κ1) is 25.1. The van der Waals surface area contributed by atoms with E-state index in [1.807, 2.05) is 0 Å². The van der Waals surface area contributed by atoms with Crippen molar-refractivity contribution in [3.05, 3.63) is 0 Å². The smallest absolute Gasteiger partial charge is 1.00 e. The van der Waals surface area contributed by atoms with Gasteiger partial charge in [-0.25, -0.2) is 4.79 Å². The predicted molar refractivity (Wildman–Crippen MR) is 26.7 cm³/mol. The van der Waals surface area contributed by atoms with E-state index in [0.29, 0.717) is 0 Å². The van der Waals surface area contributed by atoms with Gasteiger partial charge in [0.25, 0.3) is 0 Å². The van der Waals surface area contributed by atoms with Gasteiger partial charge in [0.05, 0.1) is 0 Å². The molecular weight excluding hydrogens is 124 g/mol. The summed E-state index contributed by atoms with van der Waals surface area (Å²) < 4.78 is 0. The molecule has 0 atom stereocenters. The molecule has 0 rings (SSSR count). The van der Waals surface area contributed by atoms with E-state index in [1.54, 1.807) is 0 Å². The predicted octanol–water partition coefficient (Wildman–Crippen LogP) is -3.68. The van der Waals surface area contributed by atoms with Crippen molar-refractivity contribution < 1.29 is 46.0 Å². The van der Waals surface area contributed by atoms with E-state index in [2.05, 4.69) is 0 Å². The zero-order chi connectivity index (χ0) is 3.58. The monoisotopic (exact) mass is 133 g/mol. The summed E-state index contributed by atoms with van der Waals surface area (Å²) in [6.45, 7) is 0. The summed E-state index contributed by atoms with van der Waals surface area (Å²) >= 11 is 0. The van der Waals surface area contributed by atoms with Gasteiger partial charge in [0.1, 0.15) is 0 Å². The Hall–Kier alpha value is 0.762. The van der Waals surface area contributed by atoms with Crippen LogP contribution in [0, 0.1) is 0 Å². The molecule has 0 bridgehead atoms. The first-order valence-corrected chi connectivity index (χ1v) is 0.651. The average molecular weight is 133 g/mol. The Bertz CT molecular complexity index is 42.3. The molecule has 0 aliphatic heterocycles. The molecule has 5 N–H and O–H groups in total. The fourth-order valence-electron chi connectivity index (χ4n) is 0. The Balaban J connectivity index is -0.00000000750. The van der Waals surface area contributed by atoms with Crippen LogP contribution in [0.1, 0.15) is 1.43 Å². The van der Waals surface area contributed by atoms with E-state index >= 15 is 0 Å². The molecule has 0 heterocycles. The van der Waals surface area contributed by atoms with Crippen LogP contribution in [0.15, 0.2) is 0 Å². The summed E-state index contributed by atoms with van der Waals surface area (Å²) in [5.41, 5.74) is 0. The van der Waals surface area contributed by atoms with Gasteiger partial charge in [0, 0.05) is 0 Å². The molecule has 0 radical (unpaired) electrons. The van der Waals surface area contributed by atoms with Crippen LogP contribution in [0.2, 0.25) is 0 Å². The first-order chi connectivity index (χ1) is 1.73. The fraction of sp³-hybridized carbons (Fsp3) is 0. The van der Waals surface area contributed by atoms with E-state index in [9.17, 15) is 0 Å². The van der Waals surface area contributed by atoms with E-state index in [1.165, 1.54) is 0 Å². The Kier molecular flexibility index (Phi) is 56.8. The normalized spacial score (nSPS) is 3.43. The fourth-order valence-corrected chi connectivity index (χ4v) is 0. The van der Waals surface area contributed by atoms with Crippen LogP contribution in [-0.2, 0) is 0 Å². The number of rotatable bonds is 0. The minimum absolute atomic E-state index is 0. The summed E-state index contributed by atoms with van der Waals surface area (Å²) in [5, 5.41) is 13.9. The van der Waals surface area contributed by atoms with Crippen molar-refractivity contribution in [2.24, 2.45) is 0 Å². The Morgan fingerprint density at radius 2 is 1.43 bits per heavy atom. The van der Waals surface area contributed by atoms with Gasteiger partial charge in [-0.05, 0) is 0 Å². The minimum Gasteiger partial charge on any atom is -1.00 e. The number of carbonyl (C=O) groups is 1. The van der Waals surface area contributed by atoms with Crippen LogP contribution in [0.3, 0.4) is 0 Å². The van der Waals surface area contributed by atoms with Crippen LogP contribution in [-0.4, -0.2) is 33.7 Å². The van der Waals surface area contributed by atoms with Gasteiger partial charge < -0.3 is 17.8 Å². The summed E-state index contributed by atoms with van der Waals surface area (Å²) in [6, 6.07) is 0. The topological polar surface area (TPSA) is 92.5 Å². The van der Waals surface area contributed by atoms with Gasteiger partial charge in [-0.3, -0.25) is 0 Å². The molecule has 0 aliphatic rings. The molecule has 0 saturated heterocycles. The number of hydrogen-bond acceptors (Lipinski definition) is 2. The van der Waals surface area contributed by atoms with E-state index < -0.39 is 6.16 Å². The molecule has 4 nitrogen and oxygen atoms in total. The van der Waals surface area contributed by atoms with Crippen molar-refractivity contribution in [1.29, 1.82) is 0 Å². The maximum absolute atomic E-state index is 8.56. The van der Waals surface area contributed by atoms with Crippen molar-refractivity contribution in [3.8, 4) is 0 Å². The zero-order valence-electron chi connectivity index (χ0n) is 4.51. The van der Waals surface area contributed by atoms with Gasteiger partial charge in [-0.1, -0.05) is 0 Å². The molecule has 40 valence electrons. The van der Waals surface area contributed by atoms with Crippen molar-refractivity contribution >= 4 is 23.5 Å². The number of carboxylic acid groups (broad SMARTS) is 2. The van der Waals surface area contributed by atoms with Crippen LogP contribution >= 0.6 is 0 Å². The third-order valence-electron chi connectivity index (χ3n) is 0. The van der Waals surface area contributed by atoms with E-state index in [-0.39, 0.29) is 54.5 Å². The molecular formula is CH9AlNNaO3. The van der Waals surface area contributed by atoms with Gasteiger partial charge >= 0.3 is 35.7 Å². The Morgan fingerprint density at radius 3 is 1.43 bits per heavy atom. The Labute approximate surface area is 75.4 Å². The van der Waals surface area contributed by atoms with Gasteiger partial charge in [-0.2, -0.15) is 0 Å². The summed E-state index contributed by atoms with van der Waals surface area (Å²) in [5.74, 6) is 0. The molecule has 0 amide bonds. The second-order valence-electron chi connectivity index (χ2n) is 0.283. The first-order valence-electron chi connectivity index (χ1n) is 0.651. The van der Waals surface area contributed by atoms with Crippen LogP contribution in [0.5, 0.6) is 0 Å². The minimum atomic E-state index is -1.83. The summed E-state index contributed by atoms with van der Waals surface area (Å²) in [7, 11) is 0. The van der Waals surface area contributed by atoms with Gasteiger partial charge in [0.15, 0.2) is 17.4 Å². The van der Waals surface area contributed by atoms with Crippen LogP contribution < -0.4 is 35.7 Å². The molecule has 0 aromatic rings. The molecule has 0 unspecified atom stereocenters. The molecule has 7 heavy (non-hydrogen) atoms. The second-order valence-corrected chi connectivity index (χ2v) is 0.283. The van der Waals surface area contributed by atoms with Crippen LogP contribution in [0.25, 0.3) is 0 Å². The quantitative estimate of drug-likeness (QED) is 0.297. The van der Waals surface area contributed by atoms with Crippen LogP contribution in [0.4, 0.5) is 4.79 Å². The van der Waals surface area contributed by atoms with Gasteiger partial charge in [-0.15, -0.1) is 0 Å². The summed E-state index contributed by atoms with van der Waals surface area (Å²) in [4.78, 5) is 8.56. The molecule has 0 aromatic heterocycles. The maximum Gasteiger partial charge on any atom is 1.00 e. The van der Waals surface area contributed by atoms with E-state index in [0.717, 1.165) is 0 Å². The molecule has 0 aliphatic carbocycles. The van der Waals surface area contributed by atoms with Crippen molar-refractivity contribution in [3.63, 3.8) is 0 Å². The summed E-state index contributed by atoms with van der Waals surface area (Å²) in [6.07, 6.45) is -1.83. The van der Waals surface area contributed by atoms with Crippen molar-refractivity contribution in [1.82, 2.24) is 6.15 Å². The van der Waals surface area contributed by atoms with Gasteiger partial charge in [0.2, 0.25) is 0 Å². The second kappa shape index (κ2) is 15.9. The molecule has 6 heteroatoms. The largest absolute Gasteiger partial charge is 1.00 e. The molecule has 0 saturated carbocycles. The standard InChI is InChI=1S/CH2O3.Al.H3N.Na.4H/c2-1(3)4;;;;;;;/h(H2,2,3,4);;1H3;;;;;/q;;;+1;;;;-1. The average Bonchev–Trinajstić information content (AvgIpc) is 0.811. The van der Waals surface area contributed by atoms with Crippen molar-refractivity contribution in [2.45, 2.75) is 0 Å². The SMILES string of the molecule is N.O=C(O)O.[AlH3].[H-].[Na+]. The third kappa shape index (κ3) is 264. The Morgan fingerprint density at radius 1 is 1.43 bits per heavy atom. The molecule has 0 fully saturated rings. The molecule has 0 aromatic carbocycles. The maximum atomic E-state index is 8.56. The third-order valence-corrected chi connectivity index (χ3v) is 0. The zero-order valence-corrected chi connectivity index (χ0v) is 5.51. The number of hydrogen-bond donors (Lipinski definition) is 3. The molecule has 0 spiro atoms.